The number of nitrogens with zero attached hydrogens (tertiary/aromatic N) is 3. The van der Waals surface area contributed by atoms with Crippen LogP contribution < -0.4 is 9.46 Å². The van der Waals surface area contributed by atoms with E-state index in [-0.39, 0.29) is 11.6 Å². The molecule has 1 atom stereocenters. The highest BCUT2D eigenvalue weighted by atomic mass is 32.2. The highest BCUT2D eigenvalue weighted by molar-refractivity contribution is 7.89. The Morgan fingerprint density at radius 1 is 1.03 bits per heavy atom. The van der Waals surface area contributed by atoms with Gasteiger partial charge >= 0.3 is 0 Å². The van der Waals surface area contributed by atoms with Gasteiger partial charge in [0.1, 0.15) is 11.8 Å². The summed E-state index contributed by atoms with van der Waals surface area (Å²) in [5.74, 6) is 1.63. The summed E-state index contributed by atoms with van der Waals surface area (Å²) in [7, 11) is -1.90. The smallest absolute Gasteiger partial charge is 0.244 e. The normalized spacial score (nSPS) is 12.7. The van der Waals surface area contributed by atoms with Crippen molar-refractivity contribution in [2.45, 2.75) is 45.6 Å². The molecule has 8 nitrogen and oxygen atoms in total. The van der Waals surface area contributed by atoms with Crippen LogP contribution in [0.5, 0.6) is 5.75 Å². The summed E-state index contributed by atoms with van der Waals surface area (Å²) in [5.41, 5.74) is 2.13. The van der Waals surface area contributed by atoms with Crippen molar-refractivity contribution in [3.8, 4) is 5.75 Å². The fourth-order valence-corrected chi connectivity index (χ4v) is 5.17. The summed E-state index contributed by atoms with van der Waals surface area (Å²) in [6, 6.07) is 17.0. The third-order valence-electron chi connectivity index (χ3n) is 5.97. The van der Waals surface area contributed by atoms with Crippen LogP contribution in [0.15, 0.2) is 59.1 Å². The lowest BCUT2D eigenvalue weighted by atomic mass is 10.1. The number of benzene rings is 2. The van der Waals surface area contributed by atoms with Gasteiger partial charge in [-0.15, -0.1) is 0 Å². The van der Waals surface area contributed by atoms with Gasteiger partial charge in [-0.3, -0.25) is 0 Å². The number of sulfonamides is 1. The Morgan fingerprint density at radius 2 is 1.74 bits per heavy atom. The largest absolute Gasteiger partial charge is 0.497 e. The molecule has 35 heavy (non-hydrogen) atoms. The molecule has 2 aromatic carbocycles. The van der Waals surface area contributed by atoms with Crippen LogP contribution >= 0.6 is 0 Å². The average Bonchev–Trinajstić information content (AvgIpc) is 3.34. The summed E-state index contributed by atoms with van der Waals surface area (Å²) in [4.78, 5) is 6.75. The summed E-state index contributed by atoms with van der Waals surface area (Å²) >= 11 is 0. The SMILES string of the molecule is CCN(CC)CCCS(=O)(=O)N[C@H](CCc1ccccc1)c1nc(Cc2ccc(OC)cc2)no1. The third kappa shape index (κ3) is 8.76. The van der Waals surface area contributed by atoms with E-state index in [9.17, 15) is 8.42 Å². The fraction of sp³-hybridized carbons (Fsp3) is 0.462. The van der Waals surface area contributed by atoms with Gasteiger partial charge in [-0.25, -0.2) is 13.1 Å². The molecule has 0 amide bonds. The van der Waals surface area contributed by atoms with Gasteiger partial charge in [0.2, 0.25) is 15.9 Å². The summed E-state index contributed by atoms with van der Waals surface area (Å²) in [5, 5.41) is 4.11. The first kappa shape index (κ1) is 26.8. The third-order valence-corrected chi connectivity index (χ3v) is 7.44. The van der Waals surface area contributed by atoms with Gasteiger partial charge in [0.25, 0.3) is 0 Å². The van der Waals surface area contributed by atoms with E-state index in [4.69, 9.17) is 9.26 Å². The maximum Gasteiger partial charge on any atom is 0.244 e. The van der Waals surface area contributed by atoms with E-state index in [1.54, 1.807) is 7.11 Å². The summed E-state index contributed by atoms with van der Waals surface area (Å²) < 4.78 is 39.4. The van der Waals surface area contributed by atoms with Gasteiger partial charge in [-0.05, 0) is 62.2 Å². The second-order valence-electron chi connectivity index (χ2n) is 8.47. The monoisotopic (exact) mass is 500 g/mol. The zero-order valence-electron chi connectivity index (χ0n) is 20.8. The summed E-state index contributed by atoms with van der Waals surface area (Å²) in [6.07, 6.45) is 2.25. The molecule has 9 heteroatoms. The quantitative estimate of drug-likeness (QED) is 0.337. The molecule has 0 spiro atoms. The molecule has 0 fully saturated rings. The minimum atomic E-state index is -3.52. The molecule has 0 saturated heterocycles. The lowest BCUT2D eigenvalue weighted by Gasteiger charge is -2.19. The van der Waals surface area contributed by atoms with Crippen molar-refractivity contribution in [1.82, 2.24) is 19.8 Å². The van der Waals surface area contributed by atoms with Crippen LogP contribution in [-0.2, 0) is 22.9 Å². The van der Waals surface area contributed by atoms with Crippen molar-refractivity contribution >= 4 is 10.0 Å². The molecule has 0 aliphatic carbocycles. The maximum absolute atomic E-state index is 12.9. The Kier molecular flexibility index (Phi) is 10.3. The van der Waals surface area contributed by atoms with Gasteiger partial charge in [0.15, 0.2) is 5.82 Å². The first-order valence-corrected chi connectivity index (χ1v) is 13.8. The Bertz CT molecular complexity index is 1110. The van der Waals surface area contributed by atoms with E-state index >= 15 is 0 Å². The zero-order valence-corrected chi connectivity index (χ0v) is 21.6. The van der Waals surface area contributed by atoms with E-state index in [1.807, 2.05) is 54.6 Å². The van der Waals surface area contributed by atoms with Gasteiger partial charge in [0.05, 0.1) is 12.9 Å². The molecule has 1 N–H and O–H groups in total. The number of hydrogen-bond acceptors (Lipinski definition) is 7. The second-order valence-corrected chi connectivity index (χ2v) is 10.3. The lowest BCUT2D eigenvalue weighted by Crippen LogP contribution is -2.33. The van der Waals surface area contributed by atoms with E-state index in [1.165, 1.54) is 0 Å². The van der Waals surface area contributed by atoms with Crippen LogP contribution in [0.3, 0.4) is 0 Å². The number of aromatic nitrogens is 2. The van der Waals surface area contributed by atoms with Gasteiger partial charge in [-0.1, -0.05) is 61.5 Å². The topological polar surface area (TPSA) is 97.6 Å². The van der Waals surface area contributed by atoms with Crippen molar-refractivity contribution in [1.29, 1.82) is 0 Å². The molecule has 1 heterocycles. The van der Waals surface area contributed by atoms with E-state index in [0.717, 1.165) is 36.5 Å². The van der Waals surface area contributed by atoms with Crippen LogP contribution in [0.2, 0.25) is 0 Å². The van der Waals surface area contributed by atoms with Gasteiger partial charge in [-0.2, -0.15) is 4.98 Å². The Hall–Kier alpha value is -2.75. The zero-order chi connectivity index (χ0) is 25.1. The van der Waals surface area contributed by atoms with E-state index < -0.39 is 16.1 Å². The Morgan fingerprint density at radius 3 is 2.40 bits per heavy atom. The molecule has 1 aromatic heterocycles. The van der Waals surface area contributed by atoms with E-state index in [2.05, 4.69) is 33.6 Å². The summed E-state index contributed by atoms with van der Waals surface area (Å²) in [6.45, 7) is 6.71. The predicted octanol–water partition coefficient (Wildman–Crippen LogP) is 3.99. The van der Waals surface area contributed by atoms with Gasteiger partial charge in [0, 0.05) is 6.42 Å². The molecule has 0 bridgehead atoms. The molecular weight excluding hydrogens is 464 g/mol. The molecule has 3 rings (SSSR count). The molecule has 0 radical (unpaired) electrons. The highest BCUT2D eigenvalue weighted by Crippen LogP contribution is 2.21. The molecule has 0 aliphatic heterocycles. The van der Waals surface area contributed by atoms with Crippen LogP contribution in [0.4, 0.5) is 0 Å². The lowest BCUT2D eigenvalue weighted by molar-refractivity contribution is 0.304. The fourth-order valence-electron chi connectivity index (χ4n) is 3.89. The number of aryl methyl sites for hydroxylation is 1. The molecular formula is C26H36N4O4S. The molecule has 0 unspecified atom stereocenters. The predicted molar refractivity (Wildman–Crippen MR) is 137 cm³/mol. The minimum Gasteiger partial charge on any atom is -0.497 e. The first-order chi connectivity index (χ1) is 16.9. The molecule has 0 saturated carbocycles. The maximum atomic E-state index is 12.9. The van der Waals surface area contributed by atoms with Crippen molar-refractivity contribution in [3.63, 3.8) is 0 Å². The minimum absolute atomic E-state index is 0.0537. The molecule has 0 aliphatic rings. The van der Waals surface area contributed by atoms with Crippen molar-refractivity contribution < 1.29 is 17.7 Å². The number of rotatable bonds is 15. The Labute approximate surface area is 208 Å². The van der Waals surface area contributed by atoms with Gasteiger partial charge < -0.3 is 14.2 Å². The van der Waals surface area contributed by atoms with Crippen LogP contribution in [0, 0.1) is 0 Å². The Balaban J connectivity index is 1.70. The number of nitrogens with one attached hydrogen (secondary N) is 1. The standard InChI is InChI=1S/C26H36N4O4S/c1-4-30(5-2)18-9-19-35(31,32)29-24(17-14-21-10-7-6-8-11-21)26-27-25(28-34-26)20-22-12-15-23(33-3)16-13-22/h6-8,10-13,15-16,24,29H,4-5,9,14,17-20H2,1-3H3/t24-/m1/s1. The molecule has 3 aromatic rings. The number of hydrogen-bond donors (Lipinski definition) is 1. The molecule has 190 valence electrons. The van der Waals surface area contributed by atoms with Crippen LogP contribution in [0.25, 0.3) is 0 Å². The van der Waals surface area contributed by atoms with Crippen LogP contribution in [0.1, 0.15) is 55.6 Å². The highest BCUT2D eigenvalue weighted by Gasteiger charge is 2.25. The van der Waals surface area contributed by atoms with Crippen molar-refractivity contribution in [2.75, 3.05) is 32.5 Å². The second kappa shape index (κ2) is 13.4. The van der Waals surface area contributed by atoms with Crippen LogP contribution in [-0.4, -0.2) is 56.0 Å². The number of methoxy groups -OCH3 is 1. The van der Waals surface area contributed by atoms with E-state index in [0.29, 0.717) is 31.5 Å². The average molecular weight is 501 g/mol. The van der Waals surface area contributed by atoms with Crippen molar-refractivity contribution in [3.05, 3.63) is 77.4 Å². The number of ether oxygens (including phenoxy) is 1. The van der Waals surface area contributed by atoms with Crippen molar-refractivity contribution in [2.24, 2.45) is 0 Å². The first-order valence-electron chi connectivity index (χ1n) is 12.1.